The van der Waals surface area contributed by atoms with Crippen molar-refractivity contribution in [3.63, 3.8) is 0 Å². The van der Waals surface area contributed by atoms with E-state index in [0.717, 1.165) is 0 Å². The molecular weight excluding hydrogens is 150 g/mol. The Hall–Kier alpha value is -0.200. The lowest BCUT2D eigenvalue weighted by atomic mass is 10.0. The van der Waals surface area contributed by atoms with Crippen LogP contribution in [-0.2, 0) is 4.74 Å². The fourth-order valence-electron chi connectivity index (χ4n) is 1.08. The highest BCUT2D eigenvalue weighted by molar-refractivity contribution is 4.81. The number of ether oxygens (including phenoxy) is 1. The van der Waals surface area contributed by atoms with Gasteiger partial charge in [0, 0.05) is 0 Å². The van der Waals surface area contributed by atoms with Crippen LogP contribution < -0.4 is 5.73 Å². The molecular formula is C6H13NO4. The zero-order chi connectivity index (χ0) is 8.43. The number of aliphatic hydroxyl groups excluding tert-OH is 3. The molecule has 66 valence electrons. The molecule has 0 aromatic rings. The highest BCUT2D eigenvalue weighted by Gasteiger charge is 2.33. The standard InChI is InChI=1S/C6H13NO4/c7-3-1-4(9)5(2-8)11-6(3)10/h3-6,8-10H,1-2,7H2/t3-,4+,5-,6+/m1/s1. The van der Waals surface area contributed by atoms with E-state index in [0.29, 0.717) is 0 Å². The van der Waals surface area contributed by atoms with Crippen LogP contribution in [0, 0.1) is 0 Å². The number of hydrogen-bond acceptors (Lipinski definition) is 5. The fraction of sp³-hybridized carbons (Fsp3) is 1.00. The van der Waals surface area contributed by atoms with Crippen molar-refractivity contribution < 1.29 is 20.1 Å². The molecule has 11 heavy (non-hydrogen) atoms. The minimum Gasteiger partial charge on any atom is -0.394 e. The summed E-state index contributed by atoms with van der Waals surface area (Å²) in [6.45, 7) is -0.301. The van der Waals surface area contributed by atoms with Crippen LogP contribution in [0.2, 0.25) is 0 Å². The van der Waals surface area contributed by atoms with Crippen LogP contribution in [0.3, 0.4) is 0 Å². The van der Waals surface area contributed by atoms with Gasteiger partial charge in [-0.05, 0) is 6.42 Å². The summed E-state index contributed by atoms with van der Waals surface area (Å²) >= 11 is 0. The number of nitrogens with two attached hydrogens (primary N) is 1. The van der Waals surface area contributed by atoms with E-state index in [-0.39, 0.29) is 13.0 Å². The topological polar surface area (TPSA) is 95.9 Å². The van der Waals surface area contributed by atoms with Gasteiger partial charge in [-0.25, -0.2) is 0 Å². The maximum Gasteiger partial charge on any atom is 0.170 e. The van der Waals surface area contributed by atoms with Crippen molar-refractivity contribution in [1.82, 2.24) is 0 Å². The van der Waals surface area contributed by atoms with Gasteiger partial charge in [-0.3, -0.25) is 0 Å². The van der Waals surface area contributed by atoms with Crippen LogP contribution in [0.4, 0.5) is 0 Å². The minimum absolute atomic E-state index is 0.256. The Balaban J connectivity index is 2.48. The molecule has 0 radical (unpaired) electrons. The molecule has 1 rings (SSSR count). The first-order valence-corrected chi connectivity index (χ1v) is 3.53. The Labute approximate surface area is 64.4 Å². The van der Waals surface area contributed by atoms with Gasteiger partial charge >= 0.3 is 0 Å². The van der Waals surface area contributed by atoms with E-state index in [4.69, 9.17) is 20.7 Å². The van der Waals surface area contributed by atoms with Gasteiger partial charge in [0.15, 0.2) is 6.29 Å². The molecule has 0 saturated carbocycles. The number of rotatable bonds is 1. The first kappa shape index (κ1) is 8.89. The number of hydrogen-bond donors (Lipinski definition) is 4. The fourth-order valence-corrected chi connectivity index (χ4v) is 1.08. The zero-order valence-corrected chi connectivity index (χ0v) is 6.05. The maximum atomic E-state index is 9.18. The van der Waals surface area contributed by atoms with Crippen molar-refractivity contribution in [3.8, 4) is 0 Å². The van der Waals surface area contributed by atoms with Crippen molar-refractivity contribution in [2.24, 2.45) is 5.73 Å². The molecule has 0 aliphatic carbocycles. The third-order valence-electron chi connectivity index (χ3n) is 1.80. The Kier molecular flexibility index (Phi) is 2.80. The summed E-state index contributed by atoms with van der Waals surface area (Å²) in [7, 11) is 0. The van der Waals surface area contributed by atoms with Gasteiger partial charge in [-0.1, -0.05) is 0 Å². The molecule has 1 aliphatic heterocycles. The third-order valence-corrected chi connectivity index (χ3v) is 1.80. The van der Waals surface area contributed by atoms with E-state index in [9.17, 15) is 5.11 Å². The molecule has 0 aromatic heterocycles. The average Bonchev–Trinajstić information content (AvgIpc) is 1.97. The summed E-state index contributed by atoms with van der Waals surface area (Å²) in [6, 6.07) is -0.562. The molecule has 0 spiro atoms. The maximum absolute atomic E-state index is 9.18. The van der Waals surface area contributed by atoms with Gasteiger partial charge in [0.1, 0.15) is 6.10 Å². The highest BCUT2D eigenvalue weighted by Crippen LogP contribution is 2.16. The van der Waals surface area contributed by atoms with Crippen molar-refractivity contribution in [2.75, 3.05) is 6.61 Å². The van der Waals surface area contributed by atoms with E-state index in [2.05, 4.69) is 0 Å². The molecule has 4 atom stereocenters. The minimum atomic E-state index is -1.07. The first-order chi connectivity index (χ1) is 5.15. The number of aliphatic hydroxyl groups is 3. The zero-order valence-electron chi connectivity index (χ0n) is 6.05. The van der Waals surface area contributed by atoms with Gasteiger partial charge in [0.25, 0.3) is 0 Å². The molecule has 0 unspecified atom stereocenters. The molecule has 0 amide bonds. The van der Waals surface area contributed by atoms with Crippen LogP contribution >= 0.6 is 0 Å². The largest absolute Gasteiger partial charge is 0.394 e. The van der Waals surface area contributed by atoms with Gasteiger partial charge in [-0.15, -0.1) is 0 Å². The van der Waals surface area contributed by atoms with Crippen LogP contribution in [0.1, 0.15) is 6.42 Å². The molecule has 1 heterocycles. The Morgan fingerprint density at radius 1 is 1.45 bits per heavy atom. The molecule has 0 aromatic carbocycles. The van der Waals surface area contributed by atoms with E-state index in [1.807, 2.05) is 0 Å². The monoisotopic (exact) mass is 163 g/mol. The predicted octanol–water partition coefficient (Wildman–Crippen LogP) is -2.23. The molecule has 5 heteroatoms. The normalized spacial score (nSPS) is 45.8. The predicted molar refractivity (Wildman–Crippen MR) is 36.6 cm³/mol. The van der Waals surface area contributed by atoms with Gasteiger partial charge in [0.05, 0.1) is 18.8 Å². The van der Waals surface area contributed by atoms with E-state index < -0.39 is 24.5 Å². The second-order valence-corrected chi connectivity index (χ2v) is 2.71. The Morgan fingerprint density at radius 3 is 2.64 bits per heavy atom. The van der Waals surface area contributed by atoms with Crippen molar-refractivity contribution in [1.29, 1.82) is 0 Å². The highest BCUT2D eigenvalue weighted by atomic mass is 16.6. The first-order valence-electron chi connectivity index (χ1n) is 3.53. The van der Waals surface area contributed by atoms with Crippen molar-refractivity contribution >= 4 is 0 Å². The van der Waals surface area contributed by atoms with E-state index >= 15 is 0 Å². The van der Waals surface area contributed by atoms with Crippen LogP contribution in [0.5, 0.6) is 0 Å². The van der Waals surface area contributed by atoms with Crippen LogP contribution in [0.25, 0.3) is 0 Å². The molecule has 1 saturated heterocycles. The van der Waals surface area contributed by atoms with Crippen LogP contribution in [0.15, 0.2) is 0 Å². The second kappa shape index (κ2) is 3.46. The Bertz CT molecular complexity index is 132. The molecule has 5 N–H and O–H groups in total. The van der Waals surface area contributed by atoms with Crippen molar-refractivity contribution in [2.45, 2.75) is 31.0 Å². The summed E-state index contributed by atoms with van der Waals surface area (Å²) in [5, 5.41) is 26.8. The summed E-state index contributed by atoms with van der Waals surface area (Å²) in [6.07, 6.45) is -2.30. The smallest absolute Gasteiger partial charge is 0.170 e. The molecule has 5 nitrogen and oxygen atoms in total. The quantitative estimate of drug-likeness (QED) is 0.351. The van der Waals surface area contributed by atoms with Crippen molar-refractivity contribution in [3.05, 3.63) is 0 Å². The molecule has 1 aliphatic rings. The average molecular weight is 163 g/mol. The van der Waals surface area contributed by atoms with Gasteiger partial charge in [-0.2, -0.15) is 0 Å². The van der Waals surface area contributed by atoms with Gasteiger partial charge < -0.3 is 25.8 Å². The lowest BCUT2D eigenvalue weighted by molar-refractivity contribution is -0.216. The summed E-state index contributed by atoms with van der Waals surface area (Å²) < 4.78 is 4.79. The molecule has 0 bridgehead atoms. The summed E-state index contributed by atoms with van der Waals surface area (Å²) in [5.41, 5.74) is 5.37. The SMILES string of the molecule is N[C@@H]1C[C@H](O)[C@@H](CO)O[C@@H]1O. The Morgan fingerprint density at radius 2 is 2.09 bits per heavy atom. The summed E-state index contributed by atoms with van der Waals surface area (Å²) in [5.74, 6) is 0. The molecule has 1 fully saturated rings. The third kappa shape index (κ3) is 1.88. The van der Waals surface area contributed by atoms with E-state index in [1.54, 1.807) is 0 Å². The lowest BCUT2D eigenvalue weighted by Gasteiger charge is -2.34. The second-order valence-electron chi connectivity index (χ2n) is 2.71. The van der Waals surface area contributed by atoms with Crippen LogP contribution in [-0.4, -0.2) is 46.5 Å². The van der Waals surface area contributed by atoms with Gasteiger partial charge in [0.2, 0.25) is 0 Å². The van der Waals surface area contributed by atoms with E-state index in [1.165, 1.54) is 0 Å². The summed E-state index contributed by atoms with van der Waals surface area (Å²) in [4.78, 5) is 0. The lowest BCUT2D eigenvalue weighted by Crippen LogP contribution is -2.52.